The lowest BCUT2D eigenvalue weighted by Gasteiger charge is -2.31. The van der Waals surface area contributed by atoms with E-state index in [1.165, 1.54) is 18.0 Å². The molecule has 1 aliphatic rings. The van der Waals surface area contributed by atoms with Gasteiger partial charge in [-0.05, 0) is 6.92 Å². The highest BCUT2D eigenvalue weighted by Crippen LogP contribution is 2.20. The van der Waals surface area contributed by atoms with Crippen molar-refractivity contribution in [2.75, 3.05) is 31.2 Å². The SMILES string of the molecule is CC1CN(C(=O)CSc2nccnc2N)CCO1. The minimum absolute atomic E-state index is 0.0835. The Morgan fingerprint density at radius 2 is 2.39 bits per heavy atom. The standard InChI is InChI=1S/C11H16N4O2S/c1-8-6-15(4-5-17-8)9(16)7-18-11-10(12)13-2-3-14-11/h2-3,8H,4-7H2,1H3,(H2,12,13). The molecule has 2 heterocycles. The highest BCUT2D eigenvalue weighted by atomic mass is 32.2. The lowest BCUT2D eigenvalue weighted by Crippen LogP contribution is -2.45. The van der Waals surface area contributed by atoms with Crippen LogP contribution >= 0.6 is 11.8 Å². The topological polar surface area (TPSA) is 81.3 Å². The molecule has 98 valence electrons. The van der Waals surface area contributed by atoms with Gasteiger partial charge in [0.1, 0.15) is 5.03 Å². The number of morpholine rings is 1. The number of thioether (sulfide) groups is 1. The van der Waals surface area contributed by atoms with E-state index in [0.717, 1.165) is 0 Å². The fourth-order valence-electron chi connectivity index (χ4n) is 1.71. The van der Waals surface area contributed by atoms with Crippen LogP contribution in [0, 0.1) is 0 Å². The summed E-state index contributed by atoms with van der Waals surface area (Å²) in [4.78, 5) is 21.8. The van der Waals surface area contributed by atoms with E-state index in [1.807, 2.05) is 11.8 Å². The number of nitrogen functional groups attached to an aromatic ring is 1. The number of amides is 1. The maximum Gasteiger partial charge on any atom is 0.233 e. The average Bonchev–Trinajstić information content (AvgIpc) is 2.37. The molecule has 1 unspecified atom stereocenters. The maximum absolute atomic E-state index is 12.0. The van der Waals surface area contributed by atoms with Crippen molar-refractivity contribution in [2.24, 2.45) is 0 Å². The molecular weight excluding hydrogens is 252 g/mol. The molecule has 1 aromatic heterocycles. The van der Waals surface area contributed by atoms with Gasteiger partial charge >= 0.3 is 0 Å². The second kappa shape index (κ2) is 6.01. The zero-order valence-corrected chi connectivity index (χ0v) is 11.0. The predicted molar refractivity (Wildman–Crippen MR) is 69.2 cm³/mol. The minimum Gasteiger partial charge on any atom is -0.381 e. The quantitative estimate of drug-likeness (QED) is 0.799. The van der Waals surface area contributed by atoms with Crippen LogP contribution in [0.3, 0.4) is 0 Å². The Morgan fingerprint density at radius 3 is 3.11 bits per heavy atom. The van der Waals surface area contributed by atoms with Gasteiger partial charge in [0.2, 0.25) is 5.91 Å². The number of nitrogens with two attached hydrogens (primary N) is 1. The number of carbonyl (C=O) groups excluding carboxylic acids is 1. The third-order valence-corrected chi connectivity index (χ3v) is 3.60. The first-order valence-corrected chi connectivity index (χ1v) is 6.74. The van der Waals surface area contributed by atoms with Crippen molar-refractivity contribution in [3.8, 4) is 0 Å². The third-order valence-electron chi connectivity index (χ3n) is 2.62. The van der Waals surface area contributed by atoms with Gasteiger partial charge in [0.25, 0.3) is 0 Å². The first-order valence-electron chi connectivity index (χ1n) is 5.75. The van der Waals surface area contributed by atoms with Gasteiger partial charge in [-0.15, -0.1) is 0 Å². The van der Waals surface area contributed by atoms with E-state index in [1.54, 1.807) is 6.20 Å². The molecule has 0 radical (unpaired) electrons. The predicted octanol–water partition coefficient (Wildman–Crippen LogP) is 0.398. The normalized spacial score (nSPS) is 19.8. The molecule has 7 heteroatoms. The number of carbonyl (C=O) groups is 1. The van der Waals surface area contributed by atoms with E-state index in [-0.39, 0.29) is 12.0 Å². The van der Waals surface area contributed by atoms with Crippen LogP contribution in [0.2, 0.25) is 0 Å². The summed E-state index contributed by atoms with van der Waals surface area (Å²) in [7, 11) is 0. The van der Waals surface area contributed by atoms with Crippen LogP contribution < -0.4 is 5.73 Å². The van der Waals surface area contributed by atoms with E-state index in [0.29, 0.717) is 36.3 Å². The Hall–Kier alpha value is -1.34. The summed E-state index contributed by atoms with van der Waals surface area (Å²) >= 11 is 1.32. The van der Waals surface area contributed by atoms with Crippen LogP contribution in [0.15, 0.2) is 17.4 Å². The molecule has 2 rings (SSSR count). The van der Waals surface area contributed by atoms with Gasteiger partial charge in [0.05, 0.1) is 18.5 Å². The number of ether oxygens (including phenoxy) is 1. The number of hydrogen-bond donors (Lipinski definition) is 1. The monoisotopic (exact) mass is 268 g/mol. The Kier molecular flexibility index (Phi) is 4.38. The summed E-state index contributed by atoms with van der Waals surface area (Å²) < 4.78 is 5.40. The molecule has 6 nitrogen and oxygen atoms in total. The van der Waals surface area contributed by atoms with Crippen molar-refractivity contribution in [3.63, 3.8) is 0 Å². The minimum atomic E-state index is 0.0835. The van der Waals surface area contributed by atoms with Gasteiger partial charge in [-0.3, -0.25) is 4.79 Å². The zero-order valence-electron chi connectivity index (χ0n) is 10.2. The summed E-state index contributed by atoms with van der Waals surface area (Å²) in [6, 6.07) is 0. The number of nitrogens with zero attached hydrogens (tertiary/aromatic N) is 3. The molecule has 1 aromatic rings. The van der Waals surface area contributed by atoms with E-state index in [2.05, 4.69) is 9.97 Å². The smallest absolute Gasteiger partial charge is 0.233 e. The first-order chi connectivity index (χ1) is 8.66. The maximum atomic E-state index is 12.0. The Balaban J connectivity index is 1.86. The van der Waals surface area contributed by atoms with E-state index in [9.17, 15) is 4.79 Å². The van der Waals surface area contributed by atoms with Gasteiger partial charge in [-0.25, -0.2) is 9.97 Å². The largest absolute Gasteiger partial charge is 0.381 e. The molecule has 1 atom stereocenters. The lowest BCUT2D eigenvalue weighted by atomic mass is 10.3. The van der Waals surface area contributed by atoms with Crippen molar-refractivity contribution in [2.45, 2.75) is 18.1 Å². The number of hydrogen-bond acceptors (Lipinski definition) is 6. The van der Waals surface area contributed by atoms with Crippen molar-refractivity contribution in [1.29, 1.82) is 0 Å². The molecule has 18 heavy (non-hydrogen) atoms. The second-order valence-corrected chi connectivity index (χ2v) is 5.02. The highest BCUT2D eigenvalue weighted by molar-refractivity contribution is 8.00. The summed E-state index contributed by atoms with van der Waals surface area (Å²) in [6.45, 7) is 3.87. The van der Waals surface area contributed by atoms with Crippen LogP contribution in [0.1, 0.15) is 6.92 Å². The highest BCUT2D eigenvalue weighted by Gasteiger charge is 2.21. The molecule has 0 aliphatic carbocycles. The van der Waals surface area contributed by atoms with Gasteiger partial charge in [-0.2, -0.15) is 0 Å². The molecule has 2 N–H and O–H groups in total. The first kappa shape index (κ1) is 13.1. The van der Waals surface area contributed by atoms with E-state index >= 15 is 0 Å². The average molecular weight is 268 g/mol. The van der Waals surface area contributed by atoms with Crippen LogP contribution in [-0.4, -0.2) is 52.3 Å². The van der Waals surface area contributed by atoms with Crippen molar-refractivity contribution >= 4 is 23.5 Å². The molecule has 0 saturated carbocycles. The summed E-state index contributed by atoms with van der Waals surface area (Å²) in [5.41, 5.74) is 5.67. The molecule has 1 fully saturated rings. The Bertz CT molecular complexity index is 429. The fraction of sp³-hybridized carbons (Fsp3) is 0.545. The molecule has 0 bridgehead atoms. The molecule has 1 saturated heterocycles. The molecular formula is C11H16N4O2S. The van der Waals surface area contributed by atoms with Crippen molar-refractivity contribution in [1.82, 2.24) is 14.9 Å². The van der Waals surface area contributed by atoms with Crippen LogP contribution in [0.5, 0.6) is 0 Å². The zero-order chi connectivity index (χ0) is 13.0. The number of rotatable bonds is 3. The van der Waals surface area contributed by atoms with Crippen molar-refractivity contribution in [3.05, 3.63) is 12.4 Å². The van der Waals surface area contributed by atoms with Gasteiger partial charge in [0, 0.05) is 25.5 Å². The van der Waals surface area contributed by atoms with Gasteiger partial charge < -0.3 is 15.4 Å². The molecule has 1 aliphatic heterocycles. The summed E-state index contributed by atoms with van der Waals surface area (Å²) in [6.07, 6.45) is 3.21. The Labute approximate surface area is 110 Å². The number of aromatic nitrogens is 2. The van der Waals surface area contributed by atoms with Crippen LogP contribution in [-0.2, 0) is 9.53 Å². The summed E-state index contributed by atoms with van der Waals surface area (Å²) in [5, 5.41) is 0.604. The number of anilines is 1. The fourth-order valence-corrected chi connectivity index (χ4v) is 2.49. The molecule has 0 spiro atoms. The molecule has 0 aromatic carbocycles. The van der Waals surface area contributed by atoms with Crippen LogP contribution in [0.4, 0.5) is 5.82 Å². The van der Waals surface area contributed by atoms with Gasteiger partial charge in [-0.1, -0.05) is 11.8 Å². The summed E-state index contributed by atoms with van der Waals surface area (Å²) in [5.74, 6) is 0.779. The van der Waals surface area contributed by atoms with Gasteiger partial charge in [0.15, 0.2) is 5.82 Å². The van der Waals surface area contributed by atoms with E-state index in [4.69, 9.17) is 10.5 Å². The van der Waals surface area contributed by atoms with Crippen molar-refractivity contribution < 1.29 is 9.53 Å². The second-order valence-electron chi connectivity index (χ2n) is 4.06. The third kappa shape index (κ3) is 3.33. The molecule has 1 amide bonds. The van der Waals surface area contributed by atoms with Crippen LogP contribution in [0.25, 0.3) is 0 Å². The van der Waals surface area contributed by atoms with E-state index < -0.39 is 0 Å². The lowest BCUT2D eigenvalue weighted by molar-refractivity contribution is -0.135. The Morgan fingerprint density at radius 1 is 1.61 bits per heavy atom.